The van der Waals surface area contributed by atoms with E-state index in [1.54, 1.807) is 19.0 Å². The van der Waals surface area contributed by atoms with E-state index in [4.69, 9.17) is 10.5 Å². The highest BCUT2D eigenvalue weighted by Gasteiger charge is 2.44. The summed E-state index contributed by atoms with van der Waals surface area (Å²) < 4.78 is 5.44. The maximum Gasteiger partial charge on any atom is 0.337 e. The van der Waals surface area contributed by atoms with Gasteiger partial charge in [-0.2, -0.15) is 0 Å². The fourth-order valence-corrected chi connectivity index (χ4v) is 3.42. The van der Waals surface area contributed by atoms with Crippen LogP contribution in [0.5, 0.6) is 0 Å². The number of nitrogens with zero attached hydrogens (tertiary/aromatic N) is 1. The largest absolute Gasteiger partial charge is 0.479 e. The van der Waals surface area contributed by atoms with Gasteiger partial charge in [-0.15, -0.1) is 0 Å². The van der Waals surface area contributed by atoms with Gasteiger partial charge in [0, 0.05) is 12.5 Å². The smallest absolute Gasteiger partial charge is 0.337 e. The molecule has 0 aromatic heterocycles. The number of esters is 1. The van der Waals surface area contributed by atoms with Gasteiger partial charge in [0.05, 0.1) is 0 Å². The van der Waals surface area contributed by atoms with Crippen LogP contribution >= 0.6 is 0 Å². The molecule has 0 fully saturated rings. The van der Waals surface area contributed by atoms with Crippen LogP contribution in [0.25, 0.3) is 11.1 Å². The second-order valence-electron chi connectivity index (χ2n) is 7.16. The van der Waals surface area contributed by atoms with Gasteiger partial charge in [-0.05, 0) is 42.8 Å². The molecule has 142 valence electrons. The number of nitrogens with two attached hydrogens (primary N) is 1. The molecule has 0 saturated carbocycles. The molecule has 2 aromatic carbocycles. The maximum atomic E-state index is 12.6. The van der Waals surface area contributed by atoms with Crippen LogP contribution in [0.15, 0.2) is 48.5 Å². The highest BCUT2D eigenvalue weighted by molar-refractivity contribution is 6.03. The lowest BCUT2D eigenvalue weighted by Gasteiger charge is -2.25. The van der Waals surface area contributed by atoms with Crippen LogP contribution in [0.2, 0.25) is 0 Å². The van der Waals surface area contributed by atoms with Crippen molar-refractivity contribution in [1.82, 2.24) is 4.90 Å². The summed E-state index contributed by atoms with van der Waals surface area (Å²) in [5.74, 6) is -2.41. The van der Waals surface area contributed by atoms with Crippen LogP contribution in [0, 0.1) is 0 Å². The zero-order chi connectivity index (χ0) is 19.6. The SMILES string of the molecule is CN(C)CCC(N)(C(=O)O)C(=O)OCC1c2ccccc2-c2ccccc21. The van der Waals surface area contributed by atoms with E-state index in [-0.39, 0.29) is 18.9 Å². The predicted molar refractivity (Wildman–Crippen MR) is 102 cm³/mol. The zero-order valence-electron chi connectivity index (χ0n) is 15.5. The molecular weight excluding hydrogens is 344 g/mol. The number of hydrogen-bond donors (Lipinski definition) is 2. The van der Waals surface area contributed by atoms with Gasteiger partial charge in [-0.1, -0.05) is 48.5 Å². The second kappa shape index (κ2) is 7.50. The van der Waals surface area contributed by atoms with E-state index >= 15 is 0 Å². The van der Waals surface area contributed by atoms with E-state index in [1.165, 1.54) is 0 Å². The Hall–Kier alpha value is -2.70. The number of hydrogen-bond acceptors (Lipinski definition) is 5. The van der Waals surface area contributed by atoms with Gasteiger partial charge in [0.25, 0.3) is 0 Å². The number of carbonyl (C=O) groups is 2. The van der Waals surface area contributed by atoms with Crippen molar-refractivity contribution in [2.75, 3.05) is 27.2 Å². The van der Waals surface area contributed by atoms with Crippen LogP contribution < -0.4 is 5.73 Å². The van der Waals surface area contributed by atoms with Crippen LogP contribution in [0.3, 0.4) is 0 Å². The minimum absolute atomic E-state index is 0.0218. The van der Waals surface area contributed by atoms with Crippen molar-refractivity contribution in [2.24, 2.45) is 5.73 Å². The van der Waals surface area contributed by atoms with Crippen molar-refractivity contribution >= 4 is 11.9 Å². The van der Waals surface area contributed by atoms with Crippen LogP contribution in [0.4, 0.5) is 0 Å². The van der Waals surface area contributed by atoms with Crippen molar-refractivity contribution < 1.29 is 19.4 Å². The average molecular weight is 368 g/mol. The van der Waals surface area contributed by atoms with E-state index in [9.17, 15) is 14.7 Å². The molecule has 27 heavy (non-hydrogen) atoms. The zero-order valence-corrected chi connectivity index (χ0v) is 15.5. The molecule has 6 nitrogen and oxygen atoms in total. The summed E-state index contributed by atoms with van der Waals surface area (Å²) in [5, 5.41) is 9.48. The van der Waals surface area contributed by atoms with Crippen molar-refractivity contribution in [3.8, 4) is 11.1 Å². The van der Waals surface area contributed by atoms with Crippen LogP contribution in [0.1, 0.15) is 23.5 Å². The minimum atomic E-state index is -2.05. The van der Waals surface area contributed by atoms with Crippen molar-refractivity contribution in [3.63, 3.8) is 0 Å². The number of carboxylic acid groups (broad SMARTS) is 1. The average Bonchev–Trinajstić information content (AvgIpc) is 2.98. The molecule has 3 N–H and O–H groups in total. The Kier molecular flexibility index (Phi) is 5.30. The minimum Gasteiger partial charge on any atom is -0.479 e. The second-order valence-corrected chi connectivity index (χ2v) is 7.16. The molecule has 2 aromatic rings. The van der Waals surface area contributed by atoms with Crippen LogP contribution in [-0.4, -0.2) is 54.7 Å². The van der Waals surface area contributed by atoms with E-state index in [0.717, 1.165) is 22.3 Å². The molecule has 0 heterocycles. The summed E-state index contributed by atoms with van der Waals surface area (Å²) in [6, 6.07) is 15.9. The third kappa shape index (κ3) is 3.59. The molecular formula is C21H24N2O4. The van der Waals surface area contributed by atoms with Crippen molar-refractivity contribution in [2.45, 2.75) is 17.9 Å². The lowest BCUT2D eigenvalue weighted by Crippen LogP contribution is -2.57. The molecule has 0 amide bonds. The number of aliphatic carboxylic acids is 1. The molecule has 3 rings (SSSR count). The predicted octanol–water partition coefficient (Wildman–Crippen LogP) is 2.08. The molecule has 1 aliphatic rings. The van der Waals surface area contributed by atoms with E-state index in [1.807, 2.05) is 48.5 Å². The quantitative estimate of drug-likeness (QED) is 0.574. The summed E-state index contributed by atoms with van der Waals surface area (Å²) >= 11 is 0. The van der Waals surface area contributed by atoms with Gasteiger partial charge < -0.3 is 20.5 Å². The number of carboxylic acids is 1. The molecule has 0 saturated heterocycles. The Morgan fingerprint density at radius 1 is 1.07 bits per heavy atom. The molecule has 1 atom stereocenters. The molecule has 1 aliphatic carbocycles. The van der Waals surface area contributed by atoms with E-state index in [2.05, 4.69) is 0 Å². The topological polar surface area (TPSA) is 92.9 Å². The summed E-state index contributed by atoms with van der Waals surface area (Å²) in [6.07, 6.45) is -0.0218. The third-order valence-electron chi connectivity index (χ3n) is 5.04. The van der Waals surface area contributed by atoms with Crippen LogP contribution in [-0.2, 0) is 14.3 Å². The Bertz CT molecular complexity index is 819. The summed E-state index contributed by atoms with van der Waals surface area (Å²) in [6.45, 7) is 0.425. The van der Waals surface area contributed by atoms with Gasteiger partial charge >= 0.3 is 11.9 Å². The first kappa shape index (κ1) is 19.1. The summed E-state index contributed by atoms with van der Waals surface area (Å²) in [5.41, 5.74) is 8.21. The monoisotopic (exact) mass is 368 g/mol. The van der Waals surface area contributed by atoms with E-state index < -0.39 is 17.5 Å². The molecule has 6 heteroatoms. The Balaban J connectivity index is 1.80. The molecule has 0 radical (unpaired) electrons. The third-order valence-corrected chi connectivity index (χ3v) is 5.04. The Morgan fingerprint density at radius 3 is 2.07 bits per heavy atom. The van der Waals surface area contributed by atoms with Gasteiger partial charge in [-0.3, -0.25) is 0 Å². The first-order valence-electron chi connectivity index (χ1n) is 8.87. The lowest BCUT2D eigenvalue weighted by molar-refractivity contribution is -0.161. The number of benzene rings is 2. The number of ether oxygens (including phenoxy) is 1. The summed E-state index contributed by atoms with van der Waals surface area (Å²) in [4.78, 5) is 26.0. The normalized spacial score (nSPS) is 15.1. The fourth-order valence-electron chi connectivity index (χ4n) is 3.42. The van der Waals surface area contributed by atoms with Crippen molar-refractivity contribution in [3.05, 3.63) is 59.7 Å². The highest BCUT2D eigenvalue weighted by Crippen LogP contribution is 2.44. The number of rotatable bonds is 7. The van der Waals surface area contributed by atoms with Gasteiger partial charge in [0.15, 0.2) is 0 Å². The first-order valence-corrected chi connectivity index (χ1v) is 8.87. The first-order chi connectivity index (χ1) is 12.8. The van der Waals surface area contributed by atoms with Gasteiger partial charge in [0.1, 0.15) is 6.61 Å². The van der Waals surface area contributed by atoms with Gasteiger partial charge in [0.2, 0.25) is 5.54 Å². The molecule has 0 spiro atoms. The Labute approximate surface area is 158 Å². The van der Waals surface area contributed by atoms with Gasteiger partial charge in [-0.25, -0.2) is 9.59 Å². The van der Waals surface area contributed by atoms with E-state index in [0.29, 0.717) is 6.54 Å². The number of fused-ring (bicyclic) bond motifs is 3. The Morgan fingerprint density at radius 2 is 1.59 bits per heavy atom. The number of carbonyl (C=O) groups excluding carboxylic acids is 1. The standard InChI is InChI=1S/C21H24N2O4/c1-23(2)12-11-21(22,19(24)25)20(26)27-13-18-16-9-5-3-7-14(16)15-8-4-6-10-17(15)18/h3-10,18H,11-13,22H2,1-2H3,(H,24,25). The summed E-state index contributed by atoms with van der Waals surface area (Å²) in [7, 11) is 3.58. The molecule has 0 aliphatic heterocycles. The van der Waals surface area contributed by atoms with Crippen molar-refractivity contribution in [1.29, 1.82) is 0 Å². The molecule has 0 bridgehead atoms. The maximum absolute atomic E-state index is 12.6. The lowest BCUT2D eigenvalue weighted by atomic mass is 9.95. The molecule has 1 unspecified atom stereocenters. The highest BCUT2D eigenvalue weighted by atomic mass is 16.5. The fraction of sp³-hybridized carbons (Fsp3) is 0.333.